The summed E-state index contributed by atoms with van der Waals surface area (Å²) < 4.78 is 23.6. The van der Waals surface area contributed by atoms with Gasteiger partial charge in [-0.2, -0.15) is 4.98 Å². The Labute approximate surface area is 144 Å². The first-order valence-corrected chi connectivity index (χ1v) is 10.6. The van der Waals surface area contributed by atoms with Gasteiger partial charge in [-0.1, -0.05) is 6.92 Å². The Kier molecular flexibility index (Phi) is 5.24. The molecule has 1 unspecified atom stereocenters. The minimum atomic E-state index is -2.91. The van der Waals surface area contributed by atoms with Gasteiger partial charge in [0.25, 0.3) is 0 Å². The van der Waals surface area contributed by atoms with Crippen LogP contribution in [0.1, 0.15) is 20.3 Å². The topological polar surface area (TPSA) is 69.6 Å². The summed E-state index contributed by atoms with van der Waals surface area (Å²) in [6.07, 6.45) is 2.45. The summed E-state index contributed by atoms with van der Waals surface area (Å²) in [6, 6.07) is 1.94. The highest BCUT2D eigenvalue weighted by molar-refractivity contribution is 7.91. The van der Waals surface area contributed by atoms with Gasteiger partial charge in [0.15, 0.2) is 9.84 Å². The van der Waals surface area contributed by atoms with Crippen LogP contribution < -0.4 is 9.80 Å². The summed E-state index contributed by atoms with van der Waals surface area (Å²) in [5.41, 5.74) is 0. The van der Waals surface area contributed by atoms with Crippen molar-refractivity contribution in [1.82, 2.24) is 14.9 Å². The van der Waals surface area contributed by atoms with Crippen molar-refractivity contribution in [3.63, 3.8) is 0 Å². The summed E-state index contributed by atoms with van der Waals surface area (Å²) in [7, 11) is -2.91. The van der Waals surface area contributed by atoms with Crippen LogP contribution in [0.2, 0.25) is 0 Å². The molecule has 1 atom stereocenters. The summed E-state index contributed by atoms with van der Waals surface area (Å²) >= 11 is 0. The van der Waals surface area contributed by atoms with Gasteiger partial charge in [0.05, 0.1) is 11.5 Å². The number of sulfone groups is 1. The molecule has 134 valence electrons. The molecule has 0 bridgehead atoms. The smallest absolute Gasteiger partial charge is 0.227 e. The van der Waals surface area contributed by atoms with Crippen LogP contribution in [0.5, 0.6) is 0 Å². The average Bonchev–Trinajstić information content (AvgIpc) is 2.95. The molecule has 0 saturated carbocycles. The minimum Gasteiger partial charge on any atom is -0.354 e. The molecule has 0 amide bonds. The van der Waals surface area contributed by atoms with Crippen LogP contribution in [-0.2, 0) is 9.84 Å². The lowest BCUT2D eigenvalue weighted by Crippen LogP contribution is -2.46. The van der Waals surface area contributed by atoms with E-state index >= 15 is 0 Å². The average molecular weight is 353 g/mol. The Bertz CT molecular complexity index is 658. The number of anilines is 2. The van der Waals surface area contributed by atoms with E-state index in [4.69, 9.17) is 4.98 Å². The molecule has 0 aromatic carbocycles. The third kappa shape index (κ3) is 3.80. The number of hydrogen-bond acceptors (Lipinski definition) is 7. The van der Waals surface area contributed by atoms with Gasteiger partial charge in [-0.25, -0.2) is 13.4 Å². The Morgan fingerprint density at radius 2 is 2.00 bits per heavy atom. The highest BCUT2D eigenvalue weighted by Gasteiger charge is 2.33. The van der Waals surface area contributed by atoms with E-state index in [1.54, 1.807) is 6.20 Å². The molecule has 0 radical (unpaired) electrons. The predicted molar refractivity (Wildman–Crippen MR) is 96.4 cm³/mol. The fourth-order valence-electron chi connectivity index (χ4n) is 3.53. The molecule has 2 aliphatic heterocycles. The molecular weight excluding hydrogens is 326 g/mol. The van der Waals surface area contributed by atoms with Crippen LogP contribution >= 0.6 is 0 Å². The van der Waals surface area contributed by atoms with Crippen molar-refractivity contribution in [2.45, 2.75) is 26.3 Å². The van der Waals surface area contributed by atoms with E-state index in [-0.39, 0.29) is 17.5 Å². The molecule has 0 spiro atoms. The Morgan fingerprint density at radius 3 is 2.58 bits per heavy atom. The van der Waals surface area contributed by atoms with Gasteiger partial charge >= 0.3 is 0 Å². The molecule has 1 aromatic rings. The maximum atomic E-state index is 11.8. The molecule has 2 fully saturated rings. The molecule has 3 heterocycles. The molecule has 2 saturated heterocycles. The minimum absolute atomic E-state index is 0.00723. The van der Waals surface area contributed by atoms with Gasteiger partial charge in [-0.15, -0.1) is 0 Å². The monoisotopic (exact) mass is 353 g/mol. The van der Waals surface area contributed by atoms with Crippen LogP contribution in [0, 0.1) is 0 Å². The maximum absolute atomic E-state index is 11.8. The lowest BCUT2D eigenvalue weighted by Gasteiger charge is -2.35. The van der Waals surface area contributed by atoms with Gasteiger partial charge < -0.3 is 14.7 Å². The summed E-state index contributed by atoms with van der Waals surface area (Å²) in [5, 5.41) is 0. The van der Waals surface area contributed by atoms with Crippen molar-refractivity contribution in [2.75, 3.05) is 60.6 Å². The summed E-state index contributed by atoms with van der Waals surface area (Å²) in [4.78, 5) is 15.9. The van der Waals surface area contributed by atoms with E-state index < -0.39 is 9.84 Å². The van der Waals surface area contributed by atoms with Crippen LogP contribution in [0.3, 0.4) is 0 Å². The summed E-state index contributed by atoms with van der Waals surface area (Å²) in [5.74, 6) is 2.07. The number of aromatic nitrogens is 2. The first-order chi connectivity index (χ1) is 11.5. The quantitative estimate of drug-likeness (QED) is 0.769. The number of likely N-dealkylation sites (N-methyl/N-ethyl adjacent to an activating group) is 1. The molecule has 0 N–H and O–H groups in total. The van der Waals surface area contributed by atoms with Crippen LogP contribution in [0.25, 0.3) is 0 Å². The number of piperazine rings is 1. The van der Waals surface area contributed by atoms with Gasteiger partial charge in [0, 0.05) is 45.0 Å². The zero-order valence-corrected chi connectivity index (χ0v) is 15.4. The Hall–Kier alpha value is -1.41. The van der Waals surface area contributed by atoms with E-state index in [0.717, 1.165) is 38.5 Å². The largest absolute Gasteiger partial charge is 0.354 e. The van der Waals surface area contributed by atoms with E-state index in [1.165, 1.54) is 0 Å². The molecule has 8 heteroatoms. The third-order valence-electron chi connectivity index (χ3n) is 5.02. The van der Waals surface area contributed by atoms with E-state index in [9.17, 15) is 8.42 Å². The SMILES string of the molecule is CCN1CCN(c2ccnc(N(CC)C3CCS(=O)(=O)C3)n2)CC1. The zero-order chi connectivity index (χ0) is 17.2. The molecule has 0 aliphatic carbocycles. The van der Waals surface area contributed by atoms with Crippen molar-refractivity contribution in [3.05, 3.63) is 12.3 Å². The lowest BCUT2D eigenvalue weighted by molar-refractivity contribution is 0.270. The highest BCUT2D eigenvalue weighted by Crippen LogP contribution is 2.23. The number of hydrogen-bond donors (Lipinski definition) is 0. The van der Waals surface area contributed by atoms with Crippen molar-refractivity contribution in [2.24, 2.45) is 0 Å². The molecule has 3 rings (SSSR count). The second-order valence-electron chi connectivity index (χ2n) is 6.48. The van der Waals surface area contributed by atoms with Gasteiger partial charge in [0.2, 0.25) is 5.95 Å². The number of rotatable bonds is 5. The van der Waals surface area contributed by atoms with E-state index in [2.05, 4.69) is 21.7 Å². The lowest BCUT2D eigenvalue weighted by atomic mass is 10.2. The normalized spacial score (nSPS) is 24.2. The zero-order valence-electron chi connectivity index (χ0n) is 14.6. The van der Waals surface area contributed by atoms with Crippen LogP contribution in [0.15, 0.2) is 12.3 Å². The molecule has 24 heavy (non-hydrogen) atoms. The molecule has 2 aliphatic rings. The standard InChI is InChI=1S/C16H27N5O2S/c1-3-19-8-10-20(11-9-19)15-5-7-17-16(18-15)21(4-2)14-6-12-24(22,23)13-14/h5,7,14H,3-4,6,8-13H2,1-2H3. The molecule has 1 aromatic heterocycles. The molecular formula is C16H27N5O2S. The van der Waals surface area contributed by atoms with Crippen molar-refractivity contribution >= 4 is 21.6 Å². The second-order valence-corrected chi connectivity index (χ2v) is 8.71. The highest BCUT2D eigenvalue weighted by atomic mass is 32.2. The van der Waals surface area contributed by atoms with Gasteiger partial charge in [-0.3, -0.25) is 0 Å². The fraction of sp³-hybridized carbons (Fsp3) is 0.750. The van der Waals surface area contributed by atoms with Gasteiger partial charge in [-0.05, 0) is 26.0 Å². The van der Waals surface area contributed by atoms with E-state index in [0.29, 0.717) is 18.9 Å². The Morgan fingerprint density at radius 1 is 1.25 bits per heavy atom. The first kappa shape index (κ1) is 17.4. The van der Waals surface area contributed by atoms with Crippen molar-refractivity contribution < 1.29 is 8.42 Å². The third-order valence-corrected chi connectivity index (χ3v) is 6.77. The van der Waals surface area contributed by atoms with Crippen LogP contribution in [0.4, 0.5) is 11.8 Å². The maximum Gasteiger partial charge on any atom is 0.227 e. The predicted octanol–water partition coefficient (Wildman–Crippen LogP) is 0.632. The fourth-order valence-corrected chi connectivity index (χ4v) is 5.26. The second kappa shape index (κ2) is 7.23. The number of nitrogens with zero attached hydrogens (tertiary/aromatic N) is 5. The summed E-state index contributed by atoms with van der Waals surface area (Å²) in [6.45, 7) is 10.1. The van der Waals surface area contributed by atoms with E-state index in [1.807, 2.05) is 17.9 Å². The molecule has 7 nitrogen and oxygen atoms in total. The van der Waals surface area contributed by atoms with Crippen molar-refractivity contribution in [1.29, 1.82) is 0 Å². The van der Waals surface area contributed by atoms with Gasteiger partial charge in [0.1, 0.15) is 5.82 Å². The Balaban J connectivity index is 1.74. The first-order valence-electron chi connectivity index (χ1n) is 8.80. The van der Waals surface area contributed by atoms with Crippen molar-refractivity contribution in [3.8, 4) is 0 Å². The van der Waals surface area contributed by atoms with Crippen LogP contribution in [-0.4, -0.2) is 80.1 Å².